The first kappa shape index (κ1) is 11.0. The predicted molar refractivity (Wildman–Crippen MR) is 60.5 cm³/mol. The summed E-state index contributed by atoms with van der Waals surface area (Å²) in [7, 11) is 0. The Labute approximate surface area is 100 Å². The summed E-state index contributed by atoms with van der Waals surface area (Å²) in [6, 6.07) is 5.02. The average molecular weight is 283 g/mol. The first-order valence-electron chi connectivity index (χ1n) is 4.58. The molecular weight excluding hydrogens is 275 g/mol. The van der Waals surface area contributed by atoms with E-state index in [1.807, 2.05) is 6.07 Å². The Morgan fingerprint density at radius 3 is 3.00 bits per heavy atom. The molecule has 0 radical (unpaired) electrons. The van der Waals surface area contributed by atoms with Gasteiger partial charge < -0.3 is 4.74 Å². The van der Waals surface area contributed by atoms with Gasteiger partial charge in [0.15, 0.2) is 5.75 Å². The Morgan fingerprint density at radius 2 is 2.25 bits per heavy atom. The summed E-state index contributed by atoms with van der Waals surface area (Å²) in [6.07, 6.45) is 4.72. The summed E-state index contributed by atoms with van der Waals surface area (Å²) >= 11 is 3.30. The highest BCUT2D eigenvalue weighted by molar-refractivity contribution is 9.10. The van der Waals surface area contributed by atoms with E-state index in [4.69, 9.17) is 4.74 Å². The van der Waals surface area contributed by atoms with Crippen molar-refractivity contribution < 1.29 is 9.13 Å². The maximum absolute atomic E-state index is 13.1. The molecule has 0 aliphatic heterocycles. The van der Waals surface area contributed by atoms with E-state index < -0.39 is 5.95 Å². The van der Waals surface area contributed by atoms with Gasteiger partial charge in [0.05, 0.1) is 0 Å². The van der Waals surface area contributed by atoms with Gasteiger partial charge in [-0.1, -0.05) is 0 Å². The van der Waals surface area contributed by atoms with Crippen molar-refractivity contribution >= 4 is 15.9 Å². The number of aromatic nitrogens is 2. The van der Waals surface area contributed by atoms with Crippen LogP contribution in [0.3, 0.4) is 0 Å². The number of hydrogen-bond donors (Lipinski definition) is 0. The van der Waals surface area contributed by atoms with Gasteiger partial charge in [0.1, 0.15) is 6.61 Å². The van der Waals surface area contributed by atoms with Crippen molar-refractivity contribution in [2.45, 2.75) is 6.61 Å². The molecular formula is C11H8BrFN2O. The Kier molecular flexibility index (Phi) is 3.46. The molecule has 0 saturated carbocycles. The van der Waals surface area contributed by atoms with Gasteiger partial charge in [-0.05, 0) is 34.1 Å². The van der Waals surface area contributed by atoms with Gasteiger partial charge in [-0.3, -0.25) is 4.98 Å². The van der Waals surface area contributed by atoms with Crippen LogP contribution in [0.25, 0.3) is 0 Å². The van der Waals surface area contributed by atoms with E-state index in [-0.39, 0.29) is 12.4 Å². The molecule has 0 aliphatic carbocycles. The smallest absolute Gasteiger partial charge is 0.255 e. The zero-order chi connectivity index (χ0) is 11.4. The van der Waals surface area contributed by atoms with E-state index in [2.05, 4.69) is 25.9 Å². The van der Waals surface area contributed by atoms with E-state index in [0.29, 0.717) is 0 Å². The van der Waals surface area contributed by atoms with Gasteiger partial charge in [-0.25, -0.2) is 4.98 Å². The molecule has 0 fully saturated rings. The van der Waals surface area contributed by atoms with Crippen LogP contribution in [0.4, 0.5) is 4.39 Å². The fourth-order valence-electron chi connectivity index (χ4n) is 1.17. The second kappa shape index (κ2) is 5.03. The van der Waals surface area contributed by atoms with Gasteiger partial charge >= 0.3 is 0 Å². The van der Waals surface area contributed by atoms with Crippen molar-refractivity contribution in [3.8, 4) is 5.75 Å². The molecule has 0 atom stereocenters. The number of rotatable bonds is 3. The molecule has 0 aliphatic rings. The molecule has 0 N–H and O–H groups in total. The monoisotopic (exact) mass is 282 g/mol. The molecule has 5 heteroatoms. The van der Waals surface area contributed by atoms with Crippen molar-refractivity contribution in [3.05, 3.63) is 52.8 Å². The second-order valence-corrected chi connectivity index (χ2v) is 4.01. The van der Waals surface area contributed by atoms with Gasteiger partial charge in [0.25, 0.3) is 5.95 Å². The van der Waals surface area contributed by atoms with Crippen LogP contribution in [0.1, 0.15) is 5.56 Å². The second-order valence-electron chi connectivity index (χ2n) is 3.09. The summed E-state index contributed by atoms with van der Waals surface area (Å²) in [5.41, 5.74) is 0.859. The van der Waals surface area contributed by atoms with E-state index in [1.54, 1.807) is 18.5 Å². The Balaban J connectivity index is 2.05. The molecule has 0 bridgehead atoms. The molecule has 2 heterocycles. The van der Waals surface area contributed by atoms with Crippen LogP contribution in [-0.4, -0.2) is 9.97 Å². The molecule has 82 valence electrons. The number of halogens is 2. The lowest BCUT2D eigenvalue weighted by Crippen LogP contribution is -1.98. The summed E-state index contributed by atoms with van der Waals surface area (Å²) < 4.78 is 19.3. The number of hydrogen-bond acceptors (Lipinski definition) is 3. The Bertz CT molecular complexity index is 493. The van der Waals surface area contributed by atoms with Gasteiger partial charge in [-0.2, -0.15) is 4.39 Å². The van der Waals surface area contributed by atoms with Crippen molar-refractivity contribution in [1.82, 2.24) is 9.97 Å². The van der Waals surface area contributed by atoms with Crippen LogP contribution >= 0.6 is 15.9 Å². The molecule has 0 amide bonds. The fourth-order valence-corrected chi connectivity index (χ4v) is 1.59. The van der Waals surface area contributed by atoms with Crippen LogP contribution < -0.4 is 4.74 Å². The predicted octanol–water partition coefficient (Wildman–Crippen LogP) is 2.96. The van der Waals surface area contributed by atoms with E-state index in [1.165, 1.54) is 12.3 Å². The van der Waals surface area contributed by atoms with Crippen molar-refractivity contribution in [3.63, 3.8) is 0 Å². The highest BCUT2D eigenvalue weighted by Gasteiger charge is 2.03. The maximum Gasteiger partial charge on any atom is 0.255 e. The maximum atomic E-state index is 13.1. The van der Waals surface area contributed by atoms with Crippen LogP contribution in [0.2, 0.25) is 0 Å². The highest BCUT2D eigenvalue weighted by atomic mass is 79.9. The summed E-state index contributed by atoms with van der Waals surface area (Å²) in [5, 5.41) is 0. The van der Waals surface area contributed by atoms with Crippen LogP contribution in [0.5, 0.6) is 5.75 Å². The largest absolute Gasteiger partial charge is 0.484 e. The molecule has 3 nitrogen and oxygen atoms in total. The lowest BCUT2D eigenvalue weighted by Gasteiger charge is -2.06. The molecule has 0 unspecified atom stereocenters. The Morgan fingerprint density at radius 1 is 1.38 bits per heavy atom. The number of nitrogens with zero attached hydrogens (tertiary/aromatic N) is 2. The molecule has 16 heavy (non-hydrogen) atoms. The lowest BCUT2D eigenvalue weighted by atomic mass is 10.3. The zero-order valence-corrected chi connectivity index (χ0v) is 9.82. The number of pyridine rings is 2. The SMILES string of the molecule is Fc1ncccc1OCc1cncc(Br)c1. The third-order valence-electron chi connectivity index (χ3n) is 1.88. The van der Waals surface area contributed by atoms with E-state index >= 15 is 0 Å². The zero-order valence-electron chi connectivity index (χ0n) is 8.23. The minimum Gasteiger partial charge on any atom is -0.484 e. The van der Waals surface area contributed by atoms with Crippen molar-refractivity contribution in [2.75, 3.05) is 0 Å². The molecule has 2 aromatic rings. The van der Waals surface area contributed by atoms with E-state index in [0.717, 1.165) is 10.0 Å². The first-order chi connectivity index (χ1) is 7.75. The quantitative estimate of drug-likeness (QED) is 0.812. The minimum atomic E-state index is -0.606. The minimum absolute atomic E-state index is 0.141. The topological polar surface area (TPSA) is 35.0 Å². The Hall–Kier alpha value is -1.49. The molecule has 0 spiro atoms. The molecule has 0 saturated heterocycles. The summed E-state index contributed by atoms with van der Waals surface area (Å²) in [5.74, 6) is -0.465. The third-order valence-corrected chi connectivity index (χ3v) is 2.31. The first-order valence-corrected chi connectivity index (χ1v) is 5.38. The highest BCUT2D eigenvalue weighted by Crippen LogP contribution is 2.16. The van der Waals surface area contributed by atoms with E-state index in [9.17, 15) is 4.39 Å². The van der Waals surface area contributed by atoms with Crippen LogP contribution in [-0.2, 0) is 6.61 Å². The third kappa shape index (κ3) is 2.76. The number of ether oxygens (including phenoxy) is 1. The molecule has 2 aromatic heterocycles. The van der Waals surface area contributed by atoms with Crippen molar-refractivity contribution in [1.29, 1.82) is 0 Å². The van der Waals surface area contributed by atoms with Crippen molar-refractivity contribution in [2.24, 2.45) is 0 Å². The normalized spacial score (nSPS) is 10.1. The average Bonchev–Trinajstić information content (AvgIpc) is 2.28. The van der Waals surface area contributed by atoms with Gasteiger partial charge in [0, 0.05) is 28.6 Å². The molecule has 2 rings (SSSR count). The molecule has 0 aromatic carbocycles. The summed E-state index contributed by atoms with van der Waals surface area (Å²) in [4.78, 5) is 7.48. The van der Waals surface area contributed by atoms with Crippen LogP contribution in [0.15, 0.2) is 41.3 Å². The lowest BCUT2D eigenvalue weighted by molar-refractivity contribution is 0.285. The standard InChI is InChI=1S/C11H8BrFN2O/c12-9-4-8(5-14-6-9)7-16-10-2-1-3-15-11(10)13/h1-6H,7H2. The van der Waals surface area contributed by atoms with Crippen LogP contribution in [0, 0.1) is 5.95 Å². The fraction of sp³-hybridized carbons (Fsp3) is 0.0909. The van der Waals surface area contributed by atoms with Gasteiger partial charge in [0.2, 0.25) is 0 Å². The summed E-state index contributed by atoms with van der Waals surface area (Å²) in [6.45, 7) is 0.259. The van der Waals surface area contributed by atoms with Gasteiger partial charge in [-0.15, -0.1) is 0 Å².